The van der Waals surface area contributed by atoms with Crippen molar-refractivity contribution < 1.29 is 27.8 Å². The summed E-state index contributed by atoms with van der Waals surface area (Å²) in [7, 11) is 2.81. The summed E-state index contributed by atoms with van der Waals surface area (Å²) in [6.45, 7) is 10.2. The zero-order valence-corrected chi connectivity index (χ0v) is 23.6. The fraction of sp³-hybridized carbons (Fsp3) is 0.400. The number of hydrogen-bond acceptors (Lipinski definition) is 5. The molecule has 1 fully saturated rings. The van der Waals surface area contributed by atoms with Crippen molar-refractivity contribution in [3.05, 3.63) is 76.3 Å². The van der Waals surface area contributed by atoms with Gasteiger partial charge in [-0.1, -0.05) is 19.4 Å². The zero-order chi connectivity index (χ0) is 29.5. The Morgan fingerprint density at radius 2 is 1.74 bits per heavy atom. The molecular weight excluding hydrogens is 504 g/mol. The molecule has 0 aliphatic carbocycles. The Morgan fingerprint density at radius 3 is 2.26 bits per heavy atom. The van der Waals surface area contributed by atoms with E-state index in [4.69, 9.17) is 4.74 Å². The van der Waals surface area contributed by atoms with Crippen LogP contribution in [-0.4, -0.2) is 62.3 Å². The molecule has 2 amide bonds. The largest absolute Gasteiger partial charge is 0.453 e. The van der Waals surface area contributed by atoms with Gasteiger partial charge in [0.05, 0.1) is 25.9 Å². The number of nitrogens with one attached hydrogen (secondary N) is 1. The highest BCUT2D eigenvalue weighted by atomic mass is 19.1. The van der Waals surface area contributed by atoms with Gasteiger partial charge in [-0.25, -0.2) is 13.6 Å². The highest BCUT2D eigenvalue weighted by Gasteiger charge is 2.20. The van der Waals surface area contributed by atoms with E-state index in [1.165, 1.54) is 14.2 Å². The third-order valence-corrected chi connectivity index (χ3v) is 6.04. The topological polar surface area (TPSA) is 71.1 Å². The van der Waals surface area contributed by atoms with Crippen molar-refractivity contribution in [2.75, 3.05) is 40.5 Å². The van der Waals surface area contributed by atoms with Crippen molar-refractivity contribution in [2.24, 2.45) is 0 Å². The van der Waals surface area contributed by atoms with E-state index >= 15 is 0 Å². The van der Waals surface area contributed by atoms with Gasteiger partial charge in [-0.15, -0.1) is 12.8 Å². The van der Waals surface area contributed by atoms with Gasteiger partial charge in [0, 0.05) is 43.3 Å². The summed E-state index contributed by atoms with van der Waals surface area (Å²) in [5, 5.41) is 2.37. The van der Waals surface area contributed by atoms with E-state index in [2.05, 4.69) is 35.9 Å². The number of halogens is 2. The number of morpholine rings is 1. The second-order valence-corrected chi connectivity index (χ2v) is 8.67. The van der Waals surface area contributed by atoms with Crippen molar-refractivity contribution in [3.8, 4) is 12.8 Å². The number of amides is 2. The van der Waals surface area contributed by atoms with E-state index in [1.54, 1.807) is 11.8 Å². The van der Waals surface area contributed by atoms with Crippen LogP contribution < -0.4 is 5.32 Å². The van der Waals surface area contributed by atoms with Crippen molar-refractivity contribution in [1.82, 2.24) is 15.1 Å². The number of hydrogen-bond donors (Lipinski definition) is 1. The Labute approximate surface area is 230 Å². The number of carbonyl (C=O) groups excluding carboxylic acids is 2. The highest BCUT2D eigenvalue weighted by molar-refractivity contribution is 5.94. The van der Waals surface area contributed by atoms with Crippen LogP contribution in [-0.2, 0) is 9.47 Å². The Bertz CT molecular complexity index is 1120. The Hall–Kier alpha value is -3.90. The summed E-state index contributed by atoms with van der Waals surface area (Å²) in [6, 6.07) is 2.13. The molecule has 0 aromatic heterocycles. The highest BCUT2D eigenvalue weighted by Crippen LogP contribution is 2.31. The molecule has 0 radical (unpaired) electrons. The standard InChI is InChI=1S/C22H26F2N2O.C6H11NO3.C2H2/c1-6-7-8-18-11-14(2)9-10-26(18)16(4)15(3)21-19(23)12-17(13-20(21)24)22(27)25-5;1-9-6(8)7-2-4-10-5-3-7;1-2/h8-13H,6-7H2,1-5H3,(H,25,27);2-5H2,1H3;1-2H/b16-15+,18-8+;;. The number of methoxy groups -OCH3 is 1. The molecular formula is C30H39F2N3O4. The summed E-state index contributed by atoms with van der Waals surface area (Å²) >= 11 is 0. The van der Waals surface area contributed by atoms with Crippen LogP contribution in [0.5, 0.6) is 0 Å². The van der Waals surface area contributed by atoms with Crippen molar-refractivity contribution in [2.45, 2.75) is 40.5 Å². The minimum Gasteiger partial charge on any atom is -0.453 e. The predicted octanol–water partition coefficient (Wildman–Crippen LogP) is 5.87. The molecule has 39 heavy (non-hydrogen) atoms. The number of allylic oxidation sites excluding steroid dienone is 6. The lowest BCUT2D eigenvalue weighted by Crippen LogP contribution is -2.40. The van der Waals surface area contributed by atoms with Crippen LogP contribution in [0.2, 0.25) is 0 Å². The number of ether oxygens (including phenoxy) is 2. The molecule has 1 saturated heterocycles. The van der Waals surface area contributed by atoms with Gasteiger partial charge >= 0.3 is 6.09 Å². The van der Waals surface area contributed by atoms with E-state index in [-0.39, 0.29) is 17.2 Å². The van der Waals surface area contributed by atoms with Crippen LogP contribution in [0.1, 0.15) is 56.5 Å². The average molecular weight is 544 g/mol. The first-order chi connectivity index (χ1) is 18.6. The number of unbranched alkanes of at least 4 members (excludes halogenated alkanes) is 1. The molecule has 9 heteroatoms. The van der Waals surface area contributed by atoms with Crippen molar-refractivity contribution >= 4 is 17.6 Å². The van der Waals surface area contributed by atoms with Crippen LogP contribution >= 0.6 is 0 Å². The zero-order valence-electron chi connectivity index (χ0n) is 23.6. The first-order valence-electron chi connectivity index (χ1n) is 12.6. The lowest BCUT2D eigenvalue weighted by atomic mass is 10.00. The summed E-state index contributed by atoms with van der Waals surface area (Å²) in [5.41, 5.74) is 3.15. The molecule has 2 heterocycles. The lowest BCUT2D eigenvalue weighted by Gasteiger charge is -2.28. The summed E-state index contributed by atoms with van der Waals surface area (Å²) in [5.74, 6) is -2.03. The summed E-state index contributed by atoms with van der Waals surface area (Å²) in [6.07, 6.45) is 17.7. The van der Waals surface area contributed by atoms with Crippen LogP contribution in [0.4, 0.5) is 13.6 Å². The maximum absolute atomic E-state index is 14.6. The van der Waals surface area contributed by atoms with Crippen molar-refractivity contribution in [1.29, 1.82) is 0 Å². The SMILES string of the molecule is C#C.CCC/C=C1\C=C(C)C=CN1/C(C)=C(\C)c1c(F)cc(C(=O)NC)cc1F.COC(=O)N1CCOCC1. The average Bonchev–Trinajstić information content (AvgIpc) is 2.96. The molecule has 3 rings (SSSR count). The lowest BCUT2D eigenvalue weighted by molar-refractivity contribution is 0.0334. The van der Waals surface area contributed by atoms with E-state index < -0.39 is 17.5 Å². The number of rotatable bonds is 5. The molecule has 0 atom stereocenters. The number of benzene rings is 1. The van der Waals surface area contributed by atoms with E-state index in [9.17, 15) is 18.4 Å². The fourth-order valence-electron chi connectivity index (χ4n) is 3.83. The minimum atomic E-state index is -0.753. The molecule has 1 aromatic rings. The van der Waals surface area contributed by atoms with E-state index in [0.717, 1.165) is 41.9 Å². The van der Waals surface area contributed by atoms with Crippen molar-refractivity contribution in [3.63, 3.8) is 0 Å². The number of terminal acetylenes is 1. The van der Waals surface area contributed by atoms with Gasteiger partial charge in [0.15, 0.2) is 0 Å². The molecule has 1 aromatic carbocycles. The summed E-state index contributed by atoms with van der Waals surface area (Å²) < 4.78 is 38.8. The molecule has 0 saturated carbocycles. The Kier molecular flexibility index (Phi) is 14.3. The molecule has 0 bridgehead atoms. The van der Waals surface area contributed by atoms with Crippen LogP contribution in [0, 0.1) is 24.5 Å². The molecule has 0 unspecified atom stereocenters. The van der Waals surface area contributed by atoms with Gasteiger partial charge in [-0.05, 0) is 62.6 Å². The normalized spacial score (nSPS) is 16.2. The molecule has 1 N–H and O–H groups in total. The van der Waals surface area contributed by atoms with Crippen LogP contribution in [0.3, 0.4) is 0 Å². The quantitative estimate of drug-likeness (QED) is 0.471. The van der Waals surface area contributed by atoms with Crippen LogP contribution in [0.15, 0.2) is 53.5 Å². The maximum Gasteiger partial charge on any atom is 0.409 e. The smallest absolute Gasteiger partial charge is 0.409 e. The Balaban J connectivity index is 0.000000528. The molecule has 2 aliphatic rings. The van der Waals surface area contributed by atoms with Gasteiger partial charge in [0.1, 0.15) is 11.6 Å². The number of nitrogens with zero attached hydrogens (tertiary/aromatic N) is 2. The second kappa shape index (κ2) is 16.8. The third kappa shape index (κ3) is 9.41. The minimum absolute atomic E-state index is 0.0401. The van der Waals surface area contributed by atoms with E-state index in [0.29, 0.717) is 31.9 Å². The fourth-order valence-corrected chi connectivity index (χ4v) is 3.83. The maximum atomic E-state index is 14.6. The molecule has 212 valence electrons. The first-order valence-corrected chi connectivity index (χ1v) is 12.6. The summed E-state index contributed by atoms with van der Waals surface area (Å²) in [4.78, 5) is 26.0. The first kappa shape index (κ1) is 33.1. The van der Waals surface area contributed by atoms with E-state index in [1.807, 2.05) is 37.1 Å². The second-order valence-electron chi connectivity index (χ2n) is 8.67. The molecule has 0 spiro atoms. The van der Waals surface area contributed by atoms with Gasteiger partial charge in [0.25, 0.3) is 5.91 Å². The molecule has 7 nitrogen and oxygen atoms in total. The predicted molar refractivity (Wildman–Crippen MR) is 150 cm³/mol. The van der Waals surface area contributed by atoms with Gasteiger partial charge in [-0.3, -0.25) is 4.79 Å². The van der Waals surface area contributed by atoms with Gasteiger partial charge < -0.3 is 24.6 Å². The monoisotopic (exact) mass is 543 g/mol. The van der Waals surface area contributed by atoms with Gasteiger partial charge in [0.2, 0.25) is 0 Å². The Morgan fingerprint density at radius 1 is 1.15 bits per heavy atom. The van der Waals surface area contributed by atoms with Crippen LogP contribution in [0.25, 0.3) is 5.57 Å². The molecule has 2 aliphatic heterocycles. The van der Waals surface area contributed by atoms with Gasteiger partial charge in [-0.2, -0.15) is 0 Å². The third-order valence-electron chi connectivity index (χ3n) is 6.04. The number of carbonyl (C=O) groups is 2.